The summed E-state index contributed by atoms with van der Waals surface area (Å²) in [4.78, 5) is 124. The van der Waals surface area contributed by atoms with Crippen molar-refractivity contribution in [3.05, 3.63) is 29.8 Å². The Bertz CT molecular complexity index is 2030. The Morgan fingerprint density at radius 3 is 2.17 bits per heavy atom. The first-order valence-corrected chi connectivity index (χ1v) is 21.6. The Labute approximate surface area is 366 Å². The second-order valence-electron chi connectivity index (χ2n) is 15.8. The number of hydrogen-bond donors (Lipinski definition) is 13. The molecule has 0 radical (unpaired) electrons. The lowest BCUT2D eigenvalue weighted by Crippen LogP contribution is -2.60. The summed E-state index contributed by atoms with van der Waals surface area (Å²) >= 11 is 0.990. The van der Waals surface area contributed by atoms with Crippen molar-refractivity contribution < 1.29 is 63.6 Å². The first kappa shape index (κ1) is 50.0. The van der Waals surface area contributed by atoms with Crippen LogP contribution in [0.25, 0.3) is 10.9 Å². The highest BCUT2D eigenvalue weighted by molar-refractivity contribution is 7.99. The molecule has 14 N–H and O–H groups in total. The third-order valence-electron chi connectivity index (χ3n) is 11.1. The number of thioether (sulfide) groups is 1. The maximum Gasteiger partial charge on any atom is 0.305 e. The van der Waals surface area contributed by atoms with E-state index in [0.717, 1.165) is 11.8 Å². The predicted molar refractivity (Wildman–Crippen MR) is 225 cm³/mol. The molecule has 4 rings (SSSR count). The van der Waals surface area contributed by atoms with Crippen LogP contribution < -0.4 is 43.0 Å². The summed E-state index contributed by atoms with van der Waals surface area (Å²) in [6.45, 7) is 2.63. The molecule has 0 fully saturated rings. The highest BCUT2D eigenvalue weighted by atomic mass is 32.2. The molecule has 1 unspecified atom stereocenters. The summed E-state index contributed by atoms with van der Waals surface area (Å²) in [5.74, 6) is -10.5. The molecule has 1 aromatic carbocycles. The Hall–Kier alpha value is -5.62. The summed E-state index contributed by atoms with van der Waals surface area (Å²) in [5.41, 5.74) is 7.08. The van der Waals surface area contributed by atoms with Gasteiger partial charge in [0.05, 0.1) is 55.4 Å². The second-order valence-corrected chi connectivity index (χ2v) is 16.8. The van der Waals surface area contributed by atoms with Crippen LogP contribution in [-0.2, 0) is 49.6 Å². The highest BCUT2D eigenvalue weighted by Crippen LogP contribution is 2.32. The molecule has 2 aliphatic heterocycles. The van der Waals surface area contributed by atoms with Gasteiger partial charge in [-0.15, -0.1) is 11.8 Å². The average Bonchev–Trinajstić information content (AvgIpc) is 3.60. The minimum Gasteiger partial charge on any atom is -0.481 e. The number of aliphatic carboxylic acids is 1. The monoisotopic (exact) mass is 903 g/mol. The molecular weight excluding hydrogens is 847 g/mol. The first-order valence-electron chi connectivity index (χ1n) is 20.6. The Morgan fingerprint density at radius 1 is 0.841 bits per heavy atom. The molecule has 63 heavy (non-hydrogen) atoms. The van der Waals surface area contributed by atoms with E-state index in [1.807, 2.05) is 0 Å². The molecule has 0 saturated carbocycles. The number of aromatic nitrogens is 1. The second kappa shape index (κ2) is 23.2. The van der Waals surface area contributed by atoms with E-state index in [9.17, 15) is 63.6 Å². The van der Waals surface area contributed by atoms with E-state index in [2.05, 4.69) is 42.2 Å². The molecule has 0 saturated heterocycles. The van der Waals surface area contributed by atoms with Crippen LogP contribution in [0.15, 0.2) is 29.3 Å². The highest BCUT2D eigenvalue weighted by Gasteiger charge is 2.37. The summed E-state index contributed by atoms with van der Waals surface area (Å²) in [6.07, 6.45) is -5.03. The first-order chi connectivity index (χ1) is 29.8. The van der Waals surface area contributed by atoms with Crippen molar-refractivity contribution in [1.82, 2.24) is 42.2 Å². The predicted octanol–water partition coefficient (Wildman–Crippen LogP) is -3.58. The van der Waals surface area contributed by atoms with Crippen molar-refractivity contribution in [3.8, 4) is 0 Å². The summed E-state index contributed by atoms with van der Waals surface area (Å²) < 4.78 is 0. The summed E-state index contributed by atoms with van der Waals surface area (Å²) in [7, 11) is 0. The van der Waals surface area contributed by atoms with Gasteiger partial charge in [-0.05, 0) is 30.4 Å². The Balaban J connectivity index is 1.91. The molecule has 3 heterocycles. The van der Waals surface area contributed by atoms with E-state index in [4.69, 9.17) is 5.73 Å². The molecule has 0 spiro atoms. The smallest absolute Gasteiger partial charge is 0.305 e. The van der Waals surface area contributed by atoms with Crippen LogP contribution in [0.3, 0.4) is 0 Å². The van der Waals surface area contributed by atoms with Gasteiger partial charge in [-0.3, -0.25) is 43.2 Å². The molecule has 23 heteroatoms. The molecule has 1 aromatic heterocycles. The lowest BCUT2D eigenvalue weighted by Gasteiger charge is -2.30. The van der Waals surface area contributed by atoms with Crippen molar-refractivity contribution in [3.63, 3.8) is 0 Å². The molecule has 2 bridgehead atoms. The number of para-hydroxylation sites is 1. The Kier molecular flexibility index (Phi) is 18.4. The number of amides is 7. The number of aliphatic hydroxyl groups excluding tert-OH is 3. The van der Waals surface area contributed by atoms with E-state index >= 15 is 0 Å². The van der Waals surface area contributed by atoms with Crippen molar-refractivity contribution in [2.75, 3.05) is 25.4 Å². The molecule has 0 aliphatic carbocycles. The van der Waals surface area contributed by atoms with Crippen LogP contribution in [0.5, 0.6) is 0 Å². The molecule has 10 atom stereocenters. The van der Waals surface area contributed by atoms with Crippen LogP contribution in [0.4, 0.5) is 0 Å². The molecule has 22 nitrogen and oxygen atoms in total. The van der Waals surface area contributed by atoms with Gasteiger partial charge in [-0.1, -0.05) is 45.4 Å². The molecule has 2 aliphatic rings. The number of hydrogen-bond acceptors (Lipinski definition) is 14. The zero-order valence-electron chi connectivity index (χ0n) is 35.1. The topological polar surface area (TPSA) is 361 Å². The number of Topliss-reactive ketones (excluding diaryl/α,β-unsaturated/α-hetero) is 1. The van der Waals surface area contributed by atoms with E-state index in [-0.39, 0.29) is 18.6 Å². The quantitative estimate of drug-likeness (QED) is 0.128. The van der Waals surface area contributed by atoms with Crippen LogP contribution in [0.1, 0.15) is 58.4 Å². The maximum absolute atomic E-state index is 14.2. The van der Waals surface area contributed by atoms with E-state index in [1.54, 1.807) is 38.1 Å². The number of carboxylic acids is 1. The fourth-order valence-corrected chi connectivity index (χ4v) is 8.16. The van der Waals surface area contributed by atoms with E-state index in [1.165, 1.54) is 6.92 Å². The van der Waals surface area contributed by atoms with Gasteiger partial charge in [0.1, 0.15) is 24.2 Å². The van der Waals surface area contributed by atoms with Gasteiger partial charge >= 0.3 is 5.97 Å². The third-order valence-corrected chi connectivity index (χ3v) is 12.2. The fraction of sp³-hybridized carbons (Fsp3) is 0.575. The number of nitrogens with one attached hydrogen (secondary N) is 8. The van der Waals surface area contributed by atoms with Crippen LogP contribution >= 0.6 is 11.8 Å². The standard InChI is InChI=1S/C40H57N9O13S/c1-4-18(2)33-38(61)43-14-30(54)44-27-17-63-40-22(21-7-5-6-8-24(21)47-40)12-26(36(59)42-15-31(55)48-33)46-39(62)34(19(3)29(53)16-50)49-35(58)23(41)11-20(51)9-10-28(52)25(13-32(56)57)45-37(27)60/h5-8,18-20,23,25-27,29,33-34,47,50-51,53H,4,9-17,41H2,1-3H3,(H,42,59)(H,43,61)(H,44,54)(H,45,60)(H,46,62)(H,48,55)(H,49,58)(H,56,57)/t18-,19-,20-,23-,25?,26+,27-,29-,33-,34-/m0/s1. The number of H-pyrrole nitrogens is 1. The van der Waals surface area contributed by atoms with Crippen molar-refractivity contribution >= 4 is 75.8 Å². The minimum atomic E-state index is -1.65. The lowest BCUT2D eigenvalue weighted by molar-refractivity contribution is -0.140. The molecule has 7 amide bonds. The number of carboxylic acid groups (broad SMARTS) is 1. The minimum absolute atomic E-state index is 0.268. The number of rotatable bonds is 7. The SMILES string of the molecule is CC[C@H](C)[C@@H]1NC(=O)CNC(=O)[C@H]2Cc3c([nH]c4ccccc34)SC[C@H](NC(=O)CNC1=O)C(=O)NC(CC(=O)O)C(=O)CC[C@H](O)C[C@H](N)C(=O)N[C@@H]([C@@H](C)[C@@H](O)CO)C(=O)N2. The third kappa shape index (κ3) is 13.9. The van der Waals surface area contributed by atoms with Gasteiger partial charge in [-0.25, -0.2) is 0 Å². The number of carbonyl (C=O) groups excluding carboxylic acids is 8. The van der Waals surface area contributed by atoms with Crippen molar-refractivity contribution in [2.45, 2.75) is 113 Å². The van der Waals surface area contributed by atoms with Crippen LogP contribution in [0.2, 0.25) is 0 Å². The zero-order valence-corrected chi connectivity index (χ0v) is 35.9. The summed E-state index contributed by atoms with van der Waals surface area (Å²) in [5, 5.41) is 59.3. The van der Waals surface area contributed by atoms with Gasteiger partial charge in [0.2, 0.25) is 41.4 Å². The van der Waals surface area contributed by atoms with Gasteiger partial charge in [0.15, 0.2) is 5.78 Å². The number of benzene rings is 1. The number of aromatic amines is 1. The molecule has 346 valence electrons. The fourth-order valence-electron chi connectivity index (χ4n) is 7.04. The maximum atomic E-state index is 14.2. The number of nitrogens with two attached hydrogens (primary N) is 1. The van der Waals surface area contributed by atoms with Crippen LogP contribution in [-0.4, -0.2) is 152 Å². The Morgan fingerprint density at radius 2 is 1.51 bits per heavy atom. The van der Waals surface area contributed by atoms with E-state index in [0.29, 0.717) is 27.9 Å². The summed E-state index contributed by atoms with van der Waals surface area (Å²) in [6, 6.07) is -2.13. The van der Waals surface area contributed by atoms with Crippen LogP contribution in [0, 0.1) is 11.8 Å². The van der Waals surface area contributed by atoms with Gasteiger partial charge in [-0.2, -0.15) is 0 Å². The number of carbonyl (C=O) groups is 9. The van der Waals surface area contributed by atoms with E-state index < -0.39 is 152 Å². The van der Waals surface area contributed by atoms with Crippen molar-refractivity contribution in [2.24, 2.45) is 17.6 Å². The molecule has 2 aromatic rings. The lowest BCUT2D eigenvalue weighted by atomic mass is 9.93. The van der Waals surface area contributed by atoms with Crippen molar-refractivity contribution in [1.29, 1.82) is 0 Å². The average molecular weight is 904 g/mol. The normalized spacial score (nSPS) is 27.3. The number of aliphatic hydroxyl groups is 3. The largest absolute Gasteiger partial charge is 0.481 e. The zero-order chi connectivity index (χ0) is 46.5. The van der Waals surface area contributed by atoms with Gasteiger partial charge in [0.25, 0.3) is 0 Å². The van der Waals surface area contributed by atoms with Gasteiger partial charge in [0, 0.05) is 35.4 Å². The van der Waals surface area contributed by atoms with Gasteiger partial charge < -0.3 is 68.4 Å². The number of fused-ring (bicyclic) bond motifs is 4. The number of ketones is 1. The molecular formula is C40H57N9O13S.